The fraction of sp³-hybridized carbons (Fsp3) is 0.500. The van der Waals surface area contributed by atoms with E-state index >= 15 is 0 Å². The maximum absolute atomic E-state index is 12.3. The number of sulfonamides is 1. The third kappa shape index (κ3) is 2.72. The van der Waals surface area contributed by atoms with E-state index in [2.05, 4.69) is 0 Å². The molecule has 0 radical (unpaired) electrons. The molecule has 0 aliphatic carbocycles. The topological polar surface area (TPSA) is 94.9 Å². The molecule has 8 heteroatoms. The molecule has 0 spiro atoms. The summed E-state index contributed by atoms with van der Waals surface area (Å²) < 4.78 is 25.7. The molecule has 0 bridgehead atoms. The highest BCUT2D eigenvalue weighted by Crippen LogP contribution is 2.29. The summed E-state index contributed by atoms with van der Waals surface area (Å²) in [5.41, 5.74) is 0.411. The Morgan fingerprint density at radius 1 is 1.50 bits per heavy atom. The Labute approximate surface area is 110 Å². The molecule has 0 unspecified atom stereocenters. The lowest BCUT2D eigenvalue weighted by Gasteiger charge is -2.19. The van der Waals surface area contributed by atoms with E-state index < -0.39 is 16.0 Å². The van der Waals surface area contributed by atoms with E-state index in [1.165, 1.54) is 5.38 Å². The molecular weight excluding hydrogens is 278 g/mol. The van der Waals surface area contributed by atoms with Crippen molar-refractivity contribution in [3.05, 3.63) is 15.8 Å². The number of aryl methyl sites for hydroxylation is 1. The molecule has 0 saturated heterocycles. The number of hydrogen-bond donors (Lipinski definition) is 2. The highest BCUT2D eigenvalue weighted by Gasteiger charge is 2.31. The van der Waals surface area contributed by atoms with Crippen LogP contribution >= 0.6 is 11.3 Å². The number of likely N-dealkylation sites (N-methyl/N-ethyl adjacent to an activating group) is 1. The van der Waals surface area contributed by atoms with Crippen molar-refractivity contribution in [2.75, 3.05) is 19.7 Å². The van der Waals surface area contributed by atoms with Crippen molar-refractivity contribution >= 4 is 27.3 Å². The van der Waals surface area contributed by atoms with E-state index in [9.17, 15) is 13.2 Å². The van der Waals surface area contributed by atoms with Gasteiger partial charge in [-0.15, -0.1) is 11.3 Å². The summed E-state index contributed by atoms with van der Waals surface area (Å²) in [6, 6.07) is 0. The summed E-state index contributed by atoms with van der Waals surface area (Å²) in [6.45, 7) is 3.01. The molecule has 18 heavy (non-hydrogen) atoms. The van der Waals surface area contributed by atoms with Crippen molar-refractivity contribution in [2.24, 2.45) is 0 Å². The van der Waals surface area contributed by atoms with E-state index in [-0.39, 0.29) is 29.5 Å². The van der Waals surface area contributed by atoms with Crippen LogP contribution in [0.25, 0.3) is 0 Å². The second-order valence-electron chi connectivity index (χ2n) is 3.60. The Kier molecular flexibility index (Phi) is 4.85. The summed E-state index contributed by atoms with van der Waals surface area (Å²) >= 11 is 0.889. The van der Waals surface area contributed by atoms with Crippen molar-refractivity contribution in [1.29, 1.82) is 0 Å². The highest BCUT2D eigenvalue weighted by molar-refractivity contribution is 7.89. The van der Waals surface area contributed by atoms with Gasteiger partial charge in [-0.2, -0.15) is 4.31 Å². The van der Waals surface area contributed by atoms with E-state index in [4.69, 9.17) is 10.2 Å². The van der Waals surface area contributed by atoms with E-state index in [1.54, 1.807) is 13.8 Å². The molecule has 1 aromatic rings. The Morgan fingerprint density at radius 3 is 2.56 bits per heavy atom. The van der Waals surface area contributed by atoms with Crippen LogP contribution in [-0.4, -0.2) is 48.6 Å². The van der Waals surface area contributed by atoms with Crippen molar-refractivity contribution < 1.29 is 23.4 Å². The van der Waals surface area contributed by atoms with Crippen LogP contribution < -0.4 is 0 Å². The molecule has 1 aromatic heterocycles. The fourth-order valence-electron chi connectivity index (χ4n) is 1.59. The van der Waals surface area contributed by atoms with Gasteiger partial charge in [-0.25, -0.2) is 13.2 Å². The summed E-state index contributed by atoms with van der Waals surface area (Å²) in [6.07, 6.45) is 0. The molecule has 0 fully saturated rings. The zero-order valence-corrected chi connectivity index (χ0v) is 11.7. The monoisotopic (exact) mass is 293 g/mol. The molecule has 0 atom stereocenters. The second kappa shape index (κ2) is 5.79. The number of nitrogens with zero attached hydrogens (tertiary/aromatic N) is 1. The van der Waals surface area contributed by atoms with Gasteiger partial charge in [0.1, 0.15) is 9.77 Å². The molecule has 2 N–H and O–H groups in total. The van der Waals surface area contributed by atoms with Crippen molar-refractivity contribution in [3.63, 3.8) is 0 Å². The molecular formula is C10H15NO5S2. The van der Waals surface area contributed by atoms with Gasteiger partial charge in [0.25, 0.3) is 0 Å². The van der Waals surface area contributed by atoms with Crippen LogP contribution in [0.4, 0.5) is 0 Å². The molecule has 6 nitrogen and oxygen atoms in total. The first-order valence-corrected chi connectivity index (χ1v) is 7.60. The minimum Gasteiger partial charge on any atom is -0.477 e. The van der Waals surface area contributed by atoms with Crippen molar-refractivity contribution in [1.82, 2.24) is 4.31 Å². The van der Waals surface area contributed by atoms with Crippen LogP contribution in [0, 0.1) is 6.92 Å². The molecule has 1 heterocycles. The standard InChI is InChI=1S/C10H15NO5S2/c1-3-11(4-5-12)18(15,16)9-7(2)6-17-8(9)10(13)14/h6,12H,3-5H2,1-2H3,(H,13,14). The van der Waals surface area contributed by atoms with Crippen LogP contribution in [0.1, 0.15) is 22.2 Å². The van der Waals surface area contributed by atoms with Gasteiger partial charge in [0.15, 0.2) is 0 Å². The first kappa shape index (κ1) is 15.1. The molecule has 0 aliphatic heterocycles. The number of thiophene rings is 1. The van der Waals surface area contributed by atoms with Gasteiger partial charge in [0, 0.05) is 13.1 Å². The second-order valence-corrected chi connectivity index (χ2v) is 6.36. The van der Waals surface area contributed by atoms with Crippen LogP contribution in [0.3, 0.4) is 0 Å². The van der Waals surface area contributed by atoms with E-state index in [0.717, 1.165) is 15.6 Å². The van der Waals surface area contributed by atoms with Gasteiger partial charge >= 0.3 is 5.97 Å². The third-order valence-electron chi connectivity index (χ3n) is 2.41. The Hall–Kier alpha value is -0.960. The number of rotatable bonds is 6. The van der Waals surface area contributed by atoms with Gasteiger partial charge in [-0.05, 0) is 17.9 Å². The van der Waals surface area contributed by atoms with Crippen molar-refractivity contribution in [2.45, 2.75) is 18.7 Å². The average Bonchev–Trinajstić information content (AvgIpc) is 2.68. The predicted octanol–water partition coefficient (Wildman–Crippen LogP) is 0.758. The normalized spacial score (nSPS) is 12.0. The van der Waals surface area contributed by atoms with E-state index in [0.29, 0.717) is 5.56 Å². The largest absolute Gasteiger partial charge is 0.477 e. The van der Waals surface area contributed by atoms with Crippen LogP contribution in [0.2, 0.25) is 0 Å². The smallest absolute Gasteiger partial charge is 0.347 e. The number of carbonyl (C=O) groups is 1. The van der Waals surface area contributed by atoms with Gasteiger partial charge in [0.2, 0.25) is 10.0 Å². The molecule has 0 aromatic carbocycles. The van der Waals surface area contributed by atoms with E-state index in [1.807, 2.05) is 0 Å². The predicted molar refractivity (Wildman–Crippen MR) is 67.5 cm³/mol. The Bertz CT molecular complexity index is 534. The maximum Gasteiger partial charge on any atom is 0.347 e. The third-order valence-corrected chi connectivity index (χ3v) is 5.79. The molecule has 1 rings (SSSR count). The number of aromatic carboxylic acids is 1. The molecule has 102 valence electrons. The minimum absolute atomic E-state index is 0.0484. The molecule has 0 aliphatic rings. The van der Waals surface area contributed by atoms with Crippen LogP contribution in [0.15, 0.2) is 10.3 Å². The Morgan fingerprint density at radius 2 is 2.11 bits per heavy atom. The highest BCUT2D eigenvalue weighted by atomic mass is 32.2. The SMILES string of the molecule is CCN(CCO)S(=O)(=O)c1c(C)csc1C(=O)O. The quantitative estimate of drug-likeness (QED) is 0.807. The molecule has 0 amide bonds. The lowest BCUT2D eigenvalue weighted by Crippen LogP contribution is -2.34. The zero-order valence-electron chi connectivity index (χ0n) is 10.1. The average molecular weight is 293 g/mol. The number of carboxylic acid groups (broad SMARTS) is 1. The summed E-state index contributed by atoms with van der Waals surface area (Å²) in [7, 11) is -3.87. The number of aliphatic hydroxyl groups excluding tert-OH is 1. The van der Waals surface area contributed by atoms with Gasteiger partial charge in [-0.3, -0.25) is 0 Å². The zero-order chi connectivity index (χ0) is 13.9. The first-order chi connectivity index (χ1) is 8.36. The summed E-state index contributed by atoms with van der Waals surface area (Å²) in [5, 5.41) is 19.4. The van der Waals surface area contributed by atoms with Crippen LogP contribution in [-0.2, 0) is 10.0 Å². The van der Waals surface area contributed by atoms with Gasteiger partial charge in [0.05, 0.1) is 6.61 Å². The first-order valence-electron chi connectivity index (χ1n) is 5.28. The number of hydrogen-bond acceptors (Lipinski definition) is 5. The fourth-order valence-corrected chi connectivity index (χ4v) is 4.61. The van der Waals surface area contributed by atoms with Gasteiger partial charge in [-0.1, -0.05) is 6.92 Å². The lowest BCUT2D eigenvalue weighted by atomic mass is 10.3. The van der Waals surface area contributed by atoms with Gasteiger partial charge < -0.3 is 10.2 Å². The van der Waals surface area contributed by atoms with Crippen molar-refractivity contribution in [3.8, 4) is 0 Å². The maximum atomic E-state index is 12.3. The summed E-state index contributed by atoms with van der Waals surface area (Å²) in [4.78, 5) is 10.7. The number of carboxylic acids is 1. The lowest BCUT2D eigenvalue weighted by molar-refractivity contribution is 0.0698. The van der Waals surface area contributed by atoms with Crippen LogP contribution in [0.5, 0.6) is 0 Å². The molecule has 0 saturated carbocycles. The minimum atomic E-state index is -3.87. The summed E-state index contributed by atoms with van der Waals surface area (Å²) in [5.74, 6) is -1.26. The number of aliphatic hydroxyl groups is 1. The Balaban J connectivity index is 3.35.